The van der Waals surface area contributed by atoms with Crippen LogP contribution in [-0.2, 0) is 4.74 Å². The summed E-state index contributed by atoms with van der Waals surface area (Å²) in [6.07, 6.45) is -0.572. The zero-order valence-corrected chi connectivity index (χ0v) is 18.1. The second-order valence-corrected chi connectivity index (χ2v) is 9.76. The Balaban J connectivity index is 2.20. The van der Waals surface area contributed by atoms with Crippen LogP contribution in [0.5, 0.6) is 5.75 Å². The molecule has 0 heterocycles. The second kappa shape index (κ2) is 6.91. The van der Waals surface area contributed by atoms with E-state index in [2.05, 4.69) is 39.1 Å². The fraction of sp³-hybridized carbons (Fsp3) is 0.619. The molecule has 1 saturated carbocycles. The summed E-state index contributed by atoms with van der Waals surface area (Å²) in [6, 6.07) is 5.41. The average Bonchev–Trinajstić information content (AvgIpc) is 2.51. The normalized spacial score (nSPS) is 23.0. The van der Waals surface area contributed by atoms with Crippen LogP contribution in [-0.4, -0.2) is 23.8 Å². The number of carbonyl (C=O) groups is 1. The number of benzene rings is 1. The van der Waals surface area contributed by atoms with E-state index in [1.807, 2.05) is 27.7 Å². The second-order valence-electron chi connectivity index (χ2n) is 9.38. The summed E-state index contributed by atoms with van der Waals surface area (Å²) < 4.78 is 11.7. The quantitative estimate of drug-likeness (QED) is 0.764. The molecule has 1 aromatic rings. The van der Waals surface area contributed by atoms with Gasteiger partial charge in [0, 0.05) is 22.4 Å². The van der Waals surface area contributed by atoms with Crippen molar-refractivity contribution in [1.29, 1.82) is 5.26 Å². The Bertz CT molecular complexity index is 772. The summed E-state index contributed by atoms with van der Waals surface area (Å²) in [6.45, 7) is 15.6. The number of carbonyl (C=O) groups excluding carboxylic acids is 1. The van der Waals surface area contributed by atoms with Gasteiger partial charge in [0.2, 0.25) is 0 Å². The van der Waals surface area contributed by atoms with Crippen LogP contribution in [0.4, 0.5) is 4.79 Å². The molecule has 1 aliphatic rings. The van der Waals surface area contributed by atoms with Gasteiger partial charge in [-0.2, -0.15) is 5.26 Å². The fourth-order valence-corrected chi connectivity index (χ4v) is 4.43. The third kappa shape index (κ3) is 4.01. The van der Waals surface area contributed by atoms with Crippen LogP contribution in [0.3, 0.4) is 0 Å². The third-order valence-electron chi connectivity index (χ3n) is 5.20. The molecule has 5 nitrogen and oxygen atoms in total. The first-order chi connectivity index (χ1) is 12.2. The minimum absolute atomic E-state index is 0.112. The molecule has 2 rings (SSSR count). The van der Waals surface area contributed by atoms with Gasteiger partial charge in [0.15, 0.2) is 0 Å². The van der Waals surface area contributed by atoms with Crippen LogP contribution in [0.2, 0.25) is 5.02 Å². The highest BCUT2D eigenvalue weighted by molar-refractivity contribution is 6.32. The van der Waals surface area contributed by atoms with Crippen LogP contribution < -0.4 is 10.1 Å². The number of nitrogens with zero attached hydrogens (tertiary/aromatic N) is 1. The Morgan fingerprint density at radius 1 is 1.22 bits per heavy atom. The first-order valence-corrected chi connectivity index (χ1v) is 9.45. The van der Waals surface area contributed by atoms with Crippen LogP contribution in [0.25, 0.3) is 0 Å². The van der Waals surface area contributed by atoms with Gasteiger partial charge in [-0.25, -0.2) is 4.79 Å². The van der Waals surface area contributed by atoms with Crippen LogP contribution >= 0.6 is 11.6 Å². The van der Waals surface area contributed by atoms with E-state index in [0.29, 0.717) is 16.3 Å². The van der Waals surface area contributed by atoms with E-state index in [9.17, 15) is 4.79 Å². The molecule has 0 aliphatic heterocycles. The summed E-state index contributed by atoms with van der Waals surface area (Å²) in [5.74, 6) is 0.654. The first-order valence-electron chi connectivity index (χ1n) is 9.07. The van der Waals surface area contributed by atoms with Crippen molar-refractivity contribution in [2.24, 2.45) is 10.8 Å². The lowest BCUT2D eigenvalue weighted by Crippen LogP contribution is -2.74. The Labute approximate surface area is 167 Å². The maximum atomic E-state index is 12.2. The predicted molar refractivity (Wildman–Crippen MR) is 106 cm³/mol. The zero-order valence-electron chi connectivity index (χ0n) is 17.4. The van der Waals surface area contributed by atoms with E-state index < -0.39 is 11.7 Å². The number of hydrogen-bond acceptors (Lipinski definition) is 4. The number of rotatable bonds is 3. The Morgan fingerprint density at radius 2 is 1.78 bits per heavy atom. The first kappa shape index (κ1) is 21.4. The Morgan fingerprint density at radius 3 is 2.26 bits per heavy atom. The molecular weight excluding hydrogens is 364 g/mol. The van der Waals surface area contributed by atoms with Crippen molar-refractivity contribution >= 4 is 17.7 Å². The minimum Gasteiger partial charge on any atom is -0.489 e. The van der Waals surface area contributed by atoms with Crippen molar-refractivity contribution in [1.82, 2.24) is 5.32 Å². The van der Waals surface area contributed by atoms with Crippen molar-refractivity contribution in [3.05, 3.63) is 28.3 Å². The molecule has 1 N–H and O–H groups in total. The van der Waals surface area contributed by atoms with Crippen molar-refractivity contribution in [2.75, 3.05) is 0 Å². The number of hydrogen-bond donors (Lipinski definition) is 1. The lowest BCUT2D eigenvalue weighted by molar-refractivity contribution is -0.166. The fourth-order valence-electron chi connectivity index (χ4n) is 4.23. The number of halogens is 1. The summed E-state index contributed by atoms with van der Waals surface area (Å²) >= 11 is 6.27. The SMILES string of the molecule is Cc1c(OC2C(C)(C)C(NC(=O)OC(C)(C)C)C2(C)C)ccc(C#N)c1Cl. The van der Waals surface area contributed by atoms with E-state index in [4.69, 9.17) is 26.3 Å². The number of nitrogens with one attached hydrogen (secondary N) is 1. The van der Waals surface area contributed by atoms with Gasteiger partial charge in [0.1, 0.15) is 23.5 Å². The van der Waals surface area contributed by atoms with Crippen LogP contribution in [0.15, 0.2) is 12.1 Å². The highest BCUT2D eigenvalue weighted by Crippen LogP contribution is 2.56. The lowest BCUT2D eigenvalue weighted by Gasteiger charge is -2.62. The van der Waals surface area contributed by atoms with E-state index in [0.717, 1.165) is 5.56 Å². The van der Waals surface area contributed by atoms with Crippen molar-refractivity contribution in [3.63, 3.8) is 0 Å². The average molecular weight is 393 g/mol. The van der Waals surface area contributed by atoms with Gasteiger partial charge in [0.05, 0.1) is 10.6 Å². The van der Waals surface area contributed by atoms with Crippen molar-refractivity contribution in [3.8, 4) is 11.8 Å². The van der Waals surface area contributed by atoms with E-state index in [-0.39, 0.29) is 23.0 Å². The smallest absolute Gasteiger partial charge is 0.407 e. The highest BCUT2D eigenvalue weighted by Gasteiger charge is 2.64. The van der Waals surface area contributed by atoms with Gasteiger partial charge in [-0.3, -0.25) is 0 Å². The monoisotopic (exact) mass is 392 g/mol. The molecule has 1 aromatic carbocycles. The molecule has 1 fully saturated rings. The Kier molecular flexibility index (Phi) is 5.47. The summed E-state index contributed by atoms with van der Waals surface area (Å²) in [5.41, 5.74) is -0.00146. The molecule has 0 saturated heterocycles. The van der Waals surface area contributed by atoms with Gasteiger partial charge in [-0.1, -0.05) is 39.3 Å². The van der Waals surface area contributed by atoms with E-state index in [1.54, 1.807) is 12.1 Å². The molecular formula is C21H29ClN2O3. The number of amides is 1. The van der Waals surface area contributed by atoms with Crippen LogP contribution in [0.1, 0.15) is 59.6 Å². The van der Waals surface area contributed by atoms with Crippen molar-refractivity contribution in [2.45, 2.75) is 73.1 Å². The third-order valence-corrected chi connectivity index (χ3v) is 5.69. The topological polar surface area (TPSA) is 71.3 Å². The molecule has 0 atom stereocenters. The van der Waals surface area contributed by atoms with Gasteiger partial charge in [-0.05, 0) is 39.8 Å². The minimum atomic E-state index is -0.547. The van der Waals surface area contributed by atoms with E-state index in [1.165, 1.54) is 0 Å². The largest absolute Gasteiger partial charge is 0.489 e. The van der Waals surface area contributed by atoms with Gasteiger partial charge in [0.25, 0.3) is 0 Å². The number of nitriles is 1. The lowest BCUT2D eigenvalue weighted by atomic mass is 9.49. The maximum Gasteiger partial charge on any atom is 0.407 e. The number of ether oxygens (including phenoxy) is 2. The molecule has 0 radical (unpaired) electrons. The van der Waals surface area contributed by atoms with Crippen LogP contribution in [0, 0.1) is 29.1 Å². The predicted octanol–water partition coefficient (Wildman–Crippen LogP) is 5.23. The molecule has 0 unspecified atom stereocenters. The highest BCUT2D eigenvalue weighted by atomic mass is 35.5. The molecule has 0 bridgehead atoms. The molecule has 148 valence electrons. The summed E-state index contributed by atoms with van der Waals surface area (Å²) in [5, 5.41) is 12.5. The molecule has 0 spiro atoms. The molecule has 0 aromatic heterocycles. The summed E-state index contributed by atoms with van der Waals surface area (Å²) in [4.78, 5) is 12.2. The molecule has 27 heavy (non-hydrogen) atoms. The zero-order chi connectivity index (χ0) is 20.8. The summed E-state index contributed by atoms with van der Waals surface area (Å²) in [7, 11) is 0. The van der Waals surface area contributed by atoms with Gasteiger partial charge >= 0.3 is 6.09 Å². The molecule has 1 amide bonds. The molecule has 1 aliphatic carbocycles. The maximum absolute atomic E-state index is 12.2. The number of alkyl carbamates (subject to hydrolysis) is 1. The standard InChI is InChI=1S/C21H29ClN2O3/c1-12-14(10-9-13(11-23)15(12)22)26-17-20(5,6)16(21(17,7)8)24-18(25)27-19(2,3)4/h9-10,16-17H,1-8H3,(H,24,25). The Hall–Kier alpha value is -1.93. The van der Waals surface area contributed by atoms with Gasteiger partial charge in [-0.15, -0.1) is 0 Å². The van der Waals surface area contributed by atoms with E-state index >= 15 is 0 Å². The van der Waals surface area contributed by atoms with Crippen molar-refractivity contribution < 1.29 is 14.3 Å². The van der Waals surface area contributed by atoms with Gasteiger partial charge < -0.3 is 14.8 Å². The molecule has 6 heteroatoms.